The number of sulfonamides is 1. The molecular formula is C34H38N4O6S. The summed E-state index contributed by atoms with van der Waals surface area (Å²) in [7, 11) is -2.17. The number of hydrogen-bond acceptors (Lipinski definition) is 6. The monoisotopic (exact) mass is 630 g/mol. The van der Waals surface area contributed by atoms with Crippen LogP contribution in [0.3, 0.4) is 0 Å². The molecule has 45 heavy (non-hydrogen) atoms. The normalized spacial score (nSPS) is 17.7. The van der Waals surface area contributed by atoms with Gasteiger partial charge in [-0.05, 0) is 48.7 Å². The van der Waals surface area contributed by atoms with E-state index >= 15 is 0 Å². The average molecular weight is 631 g/mol. The quantitative estimate of drug-likeness (QED) is 0.253. The van der Waals surface area contributed by atoms with Crippen molar-refractivity contribution in [3.05, 3.63) is 96.6 Å². The van der Waals surface area contributed by atoms with Gasteiger partial charge in [-0.3, -0.25) is 9.52 Å². The summed E-state index contributed by atoms with van der Waals surface area (Å²) in [5.41, 5.74) is 1.47. The summed E-state index contributed by atoms with van der Waals surface area (Å²) in [5, 5.41) is 14.9. The molecule has 10 nitrogen and oxygen atoms in total. The molecule has 0 aliphatic carbocycles. The molecule has 1 aliphatic rings. The van der Waals surface area contributed by atoms with Gasteiger partial charge in [0.25, 0.3) is 10.0 Å². The van der Waals surface area contributed by atoms with Crippen molar-refractivity contribution < 1.29 is 27.9 Å². The van der Waals surface area contributed by atoms with Crippen molar-refractivity contribution in [1.29, 1.82) is 0 Å². The molecule has 0 bridgehead atoms. The van der Waals surface area contributed by atoms with Gasteiger partial charge in [0.1, 0.15) is 11.9 Å². The SMILES string of the molecule is C[C@@H]1CN([C@H](C)CO)C(=O)Cc2cc(NS(=O)(=O)c3ccccc3)ccc2O[C@H]1CN(C)C(=O)Nc1cccc2ccccc12. The number of nitrogens with one attached hydrogen (secondary N) is 2. The van der Waals surface area contributed by atoms with E-state index in [2.05, 4.69) is 10.0 Å². The molecule has 5 rings (SSSR count). The molecule has 0 radical (unpaired) electrons. The van der Waals surface area contributed by atoms with Crippen LogP contribution in [0.4, 0.5) is 16.2 Å². The van der Waals surface area contributed by atoms with E-state index in [1.165, 1.54) is 12.1 Å². The molecule has 0 saturated carbocycles. The number of carbonyl (C=O) groups excluding carboxylic acids is 2. The van der Waals surface area contributed by atoms with Crippen LogP contribution in [0.25, 0.3) is 10.8 Å². The Kier molecular flexibility index (Phi) is 9.60. The Balaban J connectivity index is 1.41. The zero-order valence-corrected chi connectivity index (χ0v) is 26.3. The number of anilines is 2. The molecule has 4 aromatic rings. The van der Waals surface area contributed by atoms with Crippen LogP contribution >= 0.6 is 0 Å². The van der Waals surface area contributed by atoms with Gasteiger partial charge in [0, 0.05) is 36.1 Å². The van der Waals surface area contributed by atoms with Crippen molar-refractivity contribution >= 4 is 44.1 Å². The Bertz CT molecular complexity index is 1780. The number of carbonyl (C=O) groups is 2. The fraction of sp³-hybridized carbons (Fsp3) is 0.294. The number of hydrogen-bond donors (Lipinski definition) is 3. The predicted molar refractivity (Wildman–Crippen MR) is 175 cm³/mol. The van der Waals surface area contributed by atoms with Crippen molar-refractivity contribution in [3.8, 4) is 5.75 Å². The molecule has 0 unspecified atom stereocenters. The lowest BCUT2D eigenvalue weighted by atomic mass is 10.0. The van der Waals surface area contributed by atoms with E-state index in [9.17, 15) is 23.1 Å². The molecule has 0 saturated heterocycles. The lowest BCUT2D eigenvalue weighted by molar-refractivity contribution is -0.134. The zero-order valence-electron chi connectivity index (χ0n) is 25.5. The maximum absolute atomic E-state index is 13.5. The number of urea groups is 1. The van der Waals surface area contributed by atoms with Gasteiger partial charge >= 0.3 is 6.03 Å². The summed E-state index contributed by atoms with van der Waals surface area (Å²) >= 11 is 0. The van der Waals surface area contributed by atoms with Gasteiger partial charge < -0.3 is 25.0 Å². The number of benzene rings is 4. The molecule has 236 valence electrons. The molecule has 4 aromatic carbocycles. The van der Waals surface area contributed by atoms with E-state index in [0.29, 0.717) is 23.5 Å². The second-order valence-corrected chi connectivity index (χ2v) is 13.1. The van der Waals surface area contributed by atoms with Crippen LogP contribution in [-0.4, -0.2) is 74.2 Å². The second kappa shape index (κ2) is 13.6. The number of amides is 3. The first kappa shape index (κ1) is 31.8. The largest absolute Gasteiger partial charge is 0.488 e. The van der Waals surface area contributed by atoms with Crippen molar-refractivity contribution in [1.82, 2.24) is 9.80 Å². The average Bonchev–Trinajstić information content (AvgIpc) is 3.08. The molecule has 0 spiro atoms. The third-order valence-electron chi connectivity index (χ3n) is 8.05. The van der Waals surface area contributed by atoms with E-state index in [1.807, 2.05) is 49.4 Å². The molecule has 3 N–H and O–H groups in total. The molecule has 0 fully saturated rings. The van der Waals surface area contributed by atoms with Crippen molar-refractivity contribution in [2.24, 2.45) is 5.92 Å². The topological polar surface area (TPSA) is 128 Å². The first-order valence-corrected chi connectivity index (χ1v) is 16.3. The van der Waals surface area contributed by atoms with Crippen LogP contribution in [0.15, 0.2) is 95.9 Å². The molecule has 3 amide bonds. The van der Waals surface area contributed by atoms with Gasteiger partial charge in [-0.25, -0.2) is 13.2 Å². The number of rotatable bonds is 8. The van der Waals surface area contributed by atoms with Crippen molar-refractivity contribution in [2.75, 3.05) is 36.8 Å². The molecule has 11 heteroatoms. The van der Waals surface area contributed by atoms with Crippen LogP contribution in [0, 0.1) is 5.92 Å². The number of fused-ring (bicyclic) bond motifs is 2. The highest BCUT2D eigenvalue weighted by Gasteiger charge is 2.32. The van der Waals surface area contributed by atoms with Gasteiger partial charge in [0.15, 0.2) is 0 Å². The van der Waals surface area contributed by atoms with Gasteiger partial charge in [-0.2, -0.15) is 0 Å². The Hall–Kier alpha value is -4.61. The third-order valence-corrected chi connectivity index (χ3v) is 9.45. The van der Waals surface area contributed by atoms with E-state index in [-0.39, 0.29) is 48.0 Å². The zero-order chi connectivity index (χ0) is 32.1. The van der Waals surface area contributed by atoms with Crippen LogP contribution in [-0.2, 0) is 21.2 Å². The Morgan fingerprint density at radius 3 is 2.51 bits per heavy atom. The number of aliphatic hydroxyl groups is 1. The molecular weight excluding hydrogens is 592 g/mol. The summed E-state index contributed by atoms with van der Waals surface area (Å²) in [6, 6.07) is 25.6. The van der Waals surface area contributed by atoms with Crippen molar-refractivity contribution in [2.45, 2.75) is 37.3 Å². The minimum Gasteiger partial charge on any atom is -0.488 e. The van der Waals surface area contributed by atoms with E-state index in [4.69, 9.17) is 4.74 Å². The third kappa shape index (κ3) is 7.38. The molecule has 0 aromatic heterocycles. The summed E-state index contributed by atoms with van der Waals surface area (Å²) in [5.74, 6) is -0.0267. The molecule has 1 heterocycles. The summed E-state index contributed by atoms with van der Waals surface area (Å²) in [6.07, 6.45) is -0.588. The second-order valence-electron chi connectivity index (χ2n) is 11.5. The minimum absolute atomic E-state index is 0.0581. The Labute approximate surface area is 263 Å². The van der Waals surface area contributed by atoms with E-state index in [1.54, 1.807) is 60.2 Å². The highest BCUT2D eigenvalue weighted by atomic mass is 32.2. The van der Waals surface area contributed by atoms with Gasteiger partial charge in [0.2, 0.25) is 5.91 Å². The highest BCUT2D eigenvalue weighted by Crippen LogP contribution is 2.30. The smallest absolute Gasteiger partial charge is 0.321 e. The van der Waals surface area contributed by atoms with Crippen LogP contribution in [0.5, 0.6) is 5.75 Å². The summed E-state index contributed by atoms with van der Waals surface area (Å²) in [6.45, 7) is 3.99. The van der Waals surface area contributed by atoms with Crippen LogP contribution in [0.2, 0.25) is 0 Å². The van der Waals surface area contributed by atoms with Crippen LogP contribution in [0.1, 0.15) is 19.4 Å². The fourth-order valence-electron chi connectivity index (χ4n) is 5.42. The Morgan fingerprint density at radius 2 is 1.76 bits per heavy atom. The Morgan fingerprint density at radius 1 is 1.04 bits per heavy atom. The van der Waals surface area contributed by atoms with Crippen LogP contribution < -0.4 is 14.8 Å². The van der Waals surface area contributed by atoms with Gasteiger partial charge in [-0.1, -0.05) is 61.5 Å². The number of aliphatic hydroxyl groups excluding tert-OH is 1. The number of ether oxygens (including phenoxy) is 1. The maximum Gasteiger partial charge on any atom is 0.321 e. The predicted octanol–water partition coefficient (Wildman–Crippen LogP) is 4.95. The molecule has 3 atom stereocenters. The first-order valence-electron chi connectivity index (χ1n) is 14.8. The fourth-order valence-corrected chi connectivity index (χ4v) is 6.49. The van der Waals surface area contributed by atoms with Gasteiger partial charge in [0.05, 0.1) is 36.2 Å². The van der Waals surface area contributed by atoms with E-state index < -0.39 is 22.2 Å². The highest BCUT2D eigenvalue weighted by molar-refractivity contribution is 7.92. The lowest BCUT2D eigenvalue weighted by Crippen LogP contribution is -2.48. The maximum atomic E-state index is 13.5. The molecule has 1 aliphatic heterocycles. The first-order chi connectivity index (χ1) is 21.6. The number of nitrogens with zero attached hydrogens (tertiary/aromatic N) is 2. The summed E-state index contributed by atoms with van der Waals surface area (Å²) < 4.78 is 35.1. The standard InChI is InChI=1S/C34H38N4O6S/c1-23-20-38(24(2)22-39)33(40)19-26-18-27(36-45(42,43)28-12-5-4-6-13-28)16-17-31(26)44-32(23)21-37(3)34(41)35-30-15-9-11-25-10-7-8-14-29(25)30/h4-18,23-24,32,36,39H,19-22H2,1-3H3,(H,35,41)/t23-,24-,32+/m1/s1. The minimum atomic E-state index is -3.86. The lowest BCUT2D eigenvalue weighted by Gasteiger charge is -2.34. The summed E-state index contributed by atoms with van der Waals surface area (Å²) in [4.78, 5) is 30.2. The van der Waals surface area contributed by atoms with Crippen molar-refractivity contribution in [3.63, 3.8) is 0 Å². The van der Waals surface area contributed by atoms with Gasteiger partial charge in [-0.15, -0.1) is 0 Å². The number of likely N-dealkylation sites (N-methyl/N-ethyl adjacent to an activating group) is 1. The van der Waals surface area contributed by atoms with E-state index in [0.717, 1.165) is 10.8 Å².